The second kappa shape index (κ2) is 14.6. The lowest BCUT2D eigenvalue weighted by Gasteiger charge is -2.26. The molecule has 28 heavy (non-hydrogen) atoms. The van der Waals surface area contributed by atoms with Gasteiger partial charge in [-0.2, -0.15) is 0 Å². The molecule has 7 nitrogen and oxygen atoms in total. The van der Waals surface area contributed by atoms with Gasteiger partial charge in [0.05, 0.1) is 19.8 Å². The van der Waals surface area contributed by atoms with Crippen LogP contribution in [-0.4, -0.2) is 69.2 Å². The Hall–Kier alpha value is -1.39. The first-order valence-corrected chi connectivity index (χ1v) is 9.92. The van der Waals surface area contributed by atoms with E-state index in [2.05, 4.69) is 32.8 Å². The third-order valence-electron chi connectivity index (χ3n) is 4.34. The van der Waals surface area contributed by atoms with E-state index >= 15 is 0 Å². The second-order valence-corrected chi connectivity index (χ2v) is 6.49. The van der Waals surface area contributed by atoms with E-state index in [4.69, 9.17) is 4.74 Å². The van der Waals surface area contributed by atoms with Crippen LogP contribution in [0.1, 0.15) is 36.2 Å². The van der Waals surface area contributed by atoms with Gasteiger partial charge in [0.25, 0.3) is 5.91 Å². The number of carbonyl (C=O) groups is 1. The number of guanidine groups is 1. The third-order valence-corrected chi connectivity index (χ3v) is 4.34. The van der Waals surface area contributed by atoms with Crippen molar-refractivity contribution in [2.45, 2.75) is 26.8 Å². The predicted octanol–water partition coefficient (Wildman–Crippen LogP) is 1.83. The van der Waals surface area contributed by atoms with Crippen molar-refractivity contribution in [2.24, 2.45) is 4.99 Å². The molecule has 0 aromatic heterocycles. The first kappa shape index (κ1) is 24.6. The molecule has 0 unspecified atom stereocenters. The van der Waals surface area contributed by atoms with E-state index in [0.717, 1.165) is 63.9 Å². The Morgan fingerprint density at radius 1 is 1.14 bits per heavy atom. The average molecular weight is 503 g/mol. The molecule has 1 heterocycles. The Morgan fingerprint density at radius 3 is 2.61 bits per heavy atom. The van der Waals surface area contributed by atoms with Crippen LogP contribution < -0.4 is 16.0 Å². The number of hydrogen-bond donors (Lipinski definition) is 3. The van der Waals surface area contributed by atoms with Crippen molar-refractivity contribution >= 4 is 35.8 Å². The summed E-state index contributed by atoms with van der Waals surface area (Å²) < 4.78 is 5.38. The van der Waals surface area contributed by atoms with E-state index < -0.39 is 0 Å². The summed E-state index contributed by atoms with van der Waals surface area (Å²) in [5.41, 5.74) is 1.69. The number of nitrogens with zero attached hydrogens (tertiary/aromatic N) is 2. The maximum Gasteiger partial charge on any atom is 0.251 e. The fraction of sp³-hybridized carbons (Fsp3) is 0.600. The quantitative estimate of drug-likeness (QED) is 0.208. The van der Waals surface area contributed by atoms with E-state index in [9.17, 15) is 4.79 Å². The molecule has 2 rings (SSSR count). The fourth-order valence-electron chi connectivity index (χ4n) is 2.92. The maximum absolute atomic E-state index is 12.0. The van der Waals surface area contributed by atoms with Gasteiger partial charge in [0.1, 0.15) is 0 Å². The topological polar surface area (TPSA) is 78.0 Å². The first-order chi connectivity index (χ1) is 13.2. The number of benzene rings is 1. The molecule has 3 N–H and O–H groups in total. The van der Waals surface area contributed by atoms with Gasteiger partial charge in [-0.3, -0.25) is 9.69 Å². The zero-order chi connectivity index (χ0) is 19.3. The van der Waals surface area contributed by atoms with Gasteiger partial charge < -0.3 is 20.7 Å². The molecule has 1 fully saturated rings. The van der Waals surface area contributed by atoms with Crippen molar-refractivity contribution < 1.29 is 9.53 Å². The van der Waals surface area contributed by atoms with E-state index in [-0.39, 0.29) is 29.9 Å². The summed E-state index contributed by atoms with van der Waals surface area (Å²) in [5, 5.41) is 9.49. The number of carbonyl (C=O) groups excluding carboxylic acids is 1. The molecular weight excluding hydrogens is 469 g/mol. The number of nitrogens with one attached hydrogen (secondary N) is 3. The number of aliphatic imine (C=N–C) groups is 1. The van der Waals surface area contributed by atoms with Gasteiger partial charge in [-0.15, -0.1) is 24.0 Å². The summed E-state index contributed by atoms with van der Waals surface area (Å²) in [7, 11) is 0. The van der Waals surface area contributed by atoms with Crippen molar-refractivity contribution in [3.63, 3.8) is 0 Å². The van der Waals surface area contributed by atoms with Crippen molar-refractivity contribution in [3.05, 3.63) is 35.4 Å². The van der Waals surface area contributed by atoms with Crippen LogP contribution in [0.4, 0.5) is 0 Å². The van der Waals surface area contributed by atoms with Gasteiger partial charge in [0.15, 0.2) is 5.96 Å². The van der Waals surface area contributed by atoms with Gasteiger partial charge in [0, 0.05) is 38.3 Å². The van der Waals surface area contributed by atoms with Crippen LogP contribution >= 0.6 is 24.0 Å². The SMILES string of the molecule is CCNC(=O)c1cccc(CN=C(NCC)NCCCN2CCOCC2)c1.I. The number of rotatable bonds is 9. The molecule has 0 radical (unpaired) electrons. The minimum Gasteiger partial charge on any atom is -0.379 e. The number of amides is 1. The van der Waals surface area contributed by atoms with Crippen molar-refractivity contribution in [2.75, 3.05) is 52.5 Å². The van der Waals surface area contributed by atoms with Gasteiger partial charge >= 0.3 is 0 Å². The second-order valence-electron chi connectivity index (χ2n) is 6.49. The summed E-state index contributed by atoms with van der Waals surface area (Å²) >= 11 is 0. The highest BCUT2D eigenvalue weighted by atomic mass is 127. The number of morpholine rings is 1. The normalized spacial score (nSPS) is 14.9. The first-order valence-electron chi connectivity index (χ1n) is 9.92. The number of ether oxygens (including phenoxy) is 1. The molecule has 0 aliphatic carbocycles. The highest BCUT2D eigenvalue weighted by molar-refractivity contribution is 14.0. The standard InChI is InChI=1S/C20H33N5O2.HI/c1-3-21-19(26)18-8-5-7-17(15-18)16-24-20(22-4-2)23-9-6-10-25-11-13-27-14-12-25;/h5,7-8,15H,3-4,6,9-14,16H2,1-2H3,(H,21,26)(H2,22,23,24);1H. The molecule has 158 valence electrons. The molecule has 1 aromatic rings. The van der Waals surface area contributed by atoms with Crippen molar-refractivity contribution in [1.29, 1.82) is 0 Å². The monoisotopic (exact) mass is 503 g/mol. The van der Waals surface area contributed by atoms with Crippen molar-refractivity contribution in [3.8, 4) is 0 Å². The smallest absolute Gasteiger partial charge is 0.251 e. The largest absolute Gasteiger partial charge is 0.379 e. The summed E-state index contributed by atoms with van der Waals surface area (Å²) in [6.07, 6.45) is 1.07. The molecule has 8 heteroatoms. The maximum atomic E-state index is 12.0. The molecule has 0 saturated carbocycles. The summed E-state index contributed by atoms with van der Waals surface area (Å²) in [6.45, 7) is 11.6. The number of hydrogen-bond acceptors (Lipinski definition) is 4. The van der Waals surface area contributed by atoms with E-state index in [1.54, 1.807) is 0 Å². The predicted molar refractivity (Wildman–Crippen MR) is 125 cm³/mol. The summed E-state index contributed by atoms with van der Waals surface area (Å²) in [6, 6.07) is 7.62. The van der Waals surface area contributed by atoms with Crippen LogP contribution in [0.15, 0.2) is 29.3 Å². The van der Waals surface area contributed by atoms with Crippen molar-refractivity contribution in [1.82, 2.24) is 20.9 Å². The molecule has 1 aliphatic heterocycles. The zero-order valence-electron chi connectivity index (χ0n) is 17.0. The van der Waals surface area contributed by atoms with Crippen LogP contribution in [0, 0.1) is 0 Å². The molecular formula is C20H34IN5O2. The Kier molecular flexibility index (Phi) is 12.8. The Labute approximate surface area is 185 Å². The van der Waals surface area contributed by atoms with Crippen LogP contribution in [0.3, 0.4) is 0 Å². The van der Waals surface area contributed by atoms with Crippen LogP contribution in [-0.2, 0) is 11.3 Å². The molecule has 1 amide bonds. The molecule has 1 saturated heterocycles. The van der Waals surface area contributed by atoms with Crippen LogP contribution in [0.5, 0.6) is 0 Å². The average Bonchev–Trinajstić information content (AvgIpc) is 2.70. The third kappa shape index (κ3) is 9.20. The molecule has 1 aromatic carbocycles. The van der Waals surface area contributed by atoms with Gasteiger partial charge in [-0.1, -0.05) is 12.1 Å². The lowest BCUT2D eigenvalue weighted by Crippen LogP contribution is -2.40. The Morgan fingerprint density at radius 2 is 1.89 bits per heavy atom. The molecule has 0 spiro atoms. The zero-order valence-corrected chi connectivity index (χ0v) is 19.3. The molecule has 1 aliphatic rings. The molecule has 0 atom stereocenters. The number of halogens is 1. The van der Waals surface area contributed by atoms with Gasteiger partial charge in [-0.05, 0) is 44.5 Å². The lowest BCUT2D eigenvalue weighted by molar-refractivity contribution is 0.0376. The minimum atomic E-state index is -0.0449. The summed E-state index contributed by atoms with van der Waals surface area (Å²) in [4.78, 5) is 19.0. The Bertz CT molecular complexity index is 606. The van der Waals surface area contributed by atoms with E-state index in [1.165, 1.54) is 0 Å². The van der Waals surface area contributed by atoms with Gasteiger partial charge in [0.2, 0.25) is 0 Å². The van der Waals surface area contributed by atoms with Crippen LogP contribution in [0.2, 0.25) is 0 Å². The highest BCUT2D eigenvalue weighted by Gasteiger charge is 2.09. The van der Waals surface area contributed by atoms with E-state index in [1.807, 2.05) is 31.2 Å². The van der Waals surface area contributed by atoms with E-state index in [0.29, 0.717) is 18.7 Å². The van der Waals surface area contributed by atoms with Crippen LogP contribution in [0.25, 0.3) is 0 Å². The fourth-order valence-corrected chi connectivity index (χ4v) is 2.92. The Balaban J connectivity index is 0.00000392. The highest BCUT2D eigenvalue weighted by Crippen LogP contribution is 2.07. The summed E-state index contributed by atoms with van der Waals surface area (Å²) in [5.74, 6) is 0.763. The molecule has 0 bridgehead atoms. The minimum absolute atomic E-state index is 0. The lowest BCUT2D eigenvalue weighted by atomic mass is 10.1. The van der Waals surface area contributed by atoms with Gasteiger partial charge in [-0.25, -0.2) is 4.99 Å².